The zero-order valence-electron chi connectivity index (χ0n) is 14.8. The van der Waals surface area contributed by atoms with Gasteiger partial charge >= 0.3 is 5.97 Å². The molecule has 0 spiro atoms. The van der Waals surface area contributed by atoms with Crippen LogP contribution in [-0.4, -0.2) is 49.2 Å². The second-order valence-electron chi connectivity index (χ2n) is 7.28. The van der Waals surface area contributed by atoms with E-state index in [-0.39, 0.29) is 12.1 Å². The lowest BCUT2D eigenvalue weighted by Gasteiger charge is -2.41. The maximum atomic E-state index is 11.5. The smallest absolute Gasteiger partial charge is 0.303 e. The molecule has 2 fully saturated rings. The van der Waals surface area contributed by atoms with Gasteiger partial charge in [0.05, 0.1) is 6.26 Å². The highest BCUT2D eigenvalue weighted by Gasteiger charge is 2.54. The van der Waals surface area contributed by atoms with E-state index in [1.165, 1.54) is 37.3 Å². The Morgan fingerprint density at radius 3 is 2.44 bits per heavy atom. The fourth-order valence-corrected chi connectivity index (χ4v) is 4.89. The molecule has 4 rings (SSSR count). The Hall–Kier alpha value is -1.44. The minimum absolute atomic E-state index is 0.0415. The third-order valence-electron chi connectivity index (χ3n) is 5.67. The lowest BCUT2D eigenvalue weighted by atomic mass is 9.80. The first-order valence-electron chi connectivity index (χ1n) is 8.57. The van der Waals surface area contributed by atoms with Gasteiger partial charge in [0.25, 0.3) is 10.1 Å². The summed E-state index contributed by atoms with van der Waals surface area (Å²) in [5, 5.41) is 0. The molecule has 1 aromatic carbocycles. The molecular weight excluding hydrogens is 342 g/mol. The van der Waals surface area contributed by atoms with E-state index in [0.29, 0.717) is 30.2 Å². The standard InChI is InChI=1S/C17H21NO2.CH4O3S/c1-10(19)20-17-13-6-4-3-5-12(13)14-9-11-7-8-15(16(14)17)18(11)2;1-5(2,3)4/h3-6,11,14-17H,7-9H2,1-2H3;1H3,(H,2,3,4). The first-order valence-corrected chi connectivity index (χ1v) is 10.4. The zero-order chi connectivity index (χ0) is 18.4. The fourth-order valence-electron chi connectivity index (χ4n) is 4.89. The van der Waals surface area contributed by atoms with Crippen LogP contribution >= 0.6 is 0 Å². The van der Waals surface area contributed by atoms with Crippen molar-refractivity contribution in [1.29, 1.82) is 0 Å². The number of carbonyl (C=O) groups excluding carboxylic acids is 1. The van der Waals surface area contributed by atoms with Crippen molar-refractivity contribution in [1.82, 2.24) is 4.90 Å². The number of ether oxygens (including phenoxy) is 1. The highest BCUT2D eigenvalue weighted by molar-refractivity contribution is 7.85. The van der Waals surface area contributed by atoms with Crippen molar-refractivity contribution in [3.05, 3.63) is 35.4 Å². The van der Waals surface area contributed by atoms with Crippen LogP contribution < -0.4 is 0 Å². The summed E-state index contributed by atoms with van der Waals surface area (Å²) in [4.78, 5) is 14.1. The predicted molar refractivity (Wildman–Crippen MR) is 93.8 cm³/mol. The molecule has 2 saturated heterocycles. The summed E-state index contributed by atoms with van der Waals surface area (Å²) in [6.45, 7) is 1.53. The number of esters is 1. The Morgan fingerprint density at radius 1 is 1.24 bits per heavy atom. The predicted octanol–water partition coefficient (Wildman–Crippen LogP) is 2.37. The molecule has 0 saturated carbocycles. The van der Waals surface area contributed by atoms with Crippen LogP contribution in [0.15, 0.2) is 24.3 Å². The van der Waals surface area contributed by atoms with Gasteiger partial charge in [-0.15, -0.1) is 0 Å². The highest BCUT2D eigenvalue weighted by Crippen LogP contribution is 2.57. The van der Waals surface area contributed by atoms with E-state index in [9.17, 15) is 13.2 Å². The number of benzene rings is 1. The Labute approximate surface area is 148 Å². The Kier molecular flexibility index (Phi) is 4.92. The van der Waals surface area contributed by atoms with E-state index in [1.807, 2.05) is 0 Å². The molecule has 7 heteroatoms. The molecule has 0 aromatic heterocycles. The van der Waals surface area contributed by atoms with Crippen LogP contribution in [0.25, 0.3) is 0 Å². The molecule has 138 valence electrons. The van der Waals surface area contributed by atoms with Crippen LogP contribution in [-0.2, 0) is 19.6 Å². The van der Waals surface area contributed by atoms with E-state index < -0.39 is 10.1 Å². The minimum atomic E-state index is -3.67. The quantitative estimate of drug-likeness (QED) is 0.606. The minimum Gasteiger partial charge on any atom is -0.457 e. The molecule has 0 amide bonds. The molecule has 1 aromatic rings. The zero-order valence-corrected chi connectivity index (χ0v) is 15.6. The molecule has 2 aliphatic heterocycles. The normalized spacial score (nSPS) is 33.0. The van der Waals surface area contributed by atoms with Gasteiger partial charge in [0, 0.05) is 24.9 Å². The second kappa shape index (κ2) is 6.70. The summed E-state index contributed by atoms with van der Waals surface area (Å²) >= 11 is 0. The maximum absolute atomic E-state index is 11.5. The summed E-state index contributed by atoms with van der Waals surface area (Å²) in [5.74, 6) is 0.859. The number of rotatable bonds is 1. The Bertz CT molecular complexity index is 754. The van der Waals surface area contributed by atoms with Crippen LogP contribution in [0.1, 0.15) is 49.3 Å². The van der Waals surface area contributed by atoms with E-state index in [2.05, 4.69) is 36.2 Å². The van der Waals surface area contributed by atoms with E-state index in [4.69, 9.17) is 9.29 Å². The van der Waals surface area contributed by atoms with Crippen molar-refractivity contribution < 1.29 is 22.5 Å². The van der Waals surface area contributed by atoms with Gasteiger partial charge in [0.1, 0.15) is 6.10 Å². The summed E-state index contributed by atoms with van der Waals surface area (Å²) in [5.41, 5.74) is 2.67. The highest BCUT2D eigenvalue weighted by atomic mass is 32.2. The lowest BCUT2D eigenvalue weighted by molar-refractivity contribution is -0.151. The molecule has 3 aliphatic rings. The average molecular weight is 367 g/mol. The van der Waals surface area contributed by atoms with Gasteiger partial charge in [0.2, 0.25) is 0 Å². The van der Waals surface area contributed by atoms with Gasteiger partial charge in [-0.1, -0.05) is 24.3 Å². The summed E-state index contributed by atoms with van der Waals surface area (Å²) in [7, 11) is -1.42. The fraction of sp³-hybridized carbons (Fsp3) is 0.611. The van der Waals surface area contributed by atoms with Gasteiger partial charge in [-0.3, -0.25) is 14.2 Å². The summed E-state index contributed by atoms with van der Waals surface area (Å²) in [6, 6.07) is 9.85. The van der Waals surface area contributed by atoms with E-state index in [1.54, 1.807) is 0 Å². The van der Waals surface area contributed by atoms with Gasteiger partial charge in [0.15, 0.2) is 0 Å². The third-order valence-corrected chi connectivity index (χ3v) is 5.67. The molecule has 5 atom stereocenters. The van der Waals surface area contributed by atoms with Crippen molar-refractivity contribution in [2.45, 2.75) is 50.3 Å². The molecule has 1 N–H and O–H groups in total. The summed E-state index contributed by atoms with van der Waals surface area (Å²) < 4.78 is 31.6. The Balaban J connectivity index is 0.000000324. The molecule has 25 heavy (non-hydrogen) atoms. The SMILES string of the molecule is CC(=O)OC1c2ccccc2C2CC3CCC(C21)N3C.CS(=O)(=O)O. The van der Waals surface area contributed by atoms with Crippen LogP contribution in [0.3, 0.4) is 0 Å². The van der Waals surface area contributed by atoms with Crippen molar-refractivity contribution in [2.24, 2.45) is 5.92 Å². The number of fused-ring (bicyclic) bond motifs is 6. The summed E-state index contributed by atoms with van der Waals surface area (Å²) in [6.07, 6.45) is 4.43. The van der Waals surface area contributed by atoms with Crippen molar-refractivity contribution in [3.63, 3.8) is 0 Å². The van der Waals surface area contributed by atoms with Gasteiger partial charge in [-0.05, 0) is 43.4 Å². The van der Waals surface area contributed by atoms with Gasteiger partial charge in [-0.2, -0.15) is 8.42 Å². The first kappa shape index (κ1) is 18.4. The maximum Gasteiger partial charge on any atom is 0.303 e. The van der Waals surface area contributed by atoms with Crippen molar-refractivity contribution in [3.8, 4) is 0 Å². The third kappa shape index (κ3) is 3.73. The Morgan fingerprint density at radius 2 is 1.84 bits per heavy atom. The molecule has 0 radical (unpaired) electrons. The van der Waals surface area contributed by atoms with Gasteiger partial charge in [-0.25, -0.2) is 0 Å². The lowest BCUT2D eigenvalue weighted by Crippen LogP contribution is -2.46. The molecule has 1 aliphatic carbocycles. The number of hydrogen-bond donors (Lipinski definition) is 1. The van der Waals surface area contributed by atoms with E-state index >= 15 is 0 Å². The first-order chi connectivity index (χ1) is 11.7. The van der Waals surface area contributed by atoms with Crippen LogP contribution in [0.4, 0.5) is 0 Å². The van der Waals surface area contributed by atoms with E-state index in [0.717, 1.165) is 0 Å². The topological polar surface area (TPSA) is 83.9 Å². The van der Waals surface area contributed by atoms with Gasteiger partial charge < -0.3 is 4.74 Å². The molecular formula is C18H25NO5S. The molecule has 5 unspecified atom stereocenters. The largest absolute Gasteiger partial charge is 0.457 e. The number of hydrogen-bond acceptors (Lipinski definition) is 5. The number of nitrogens with zero attached hydrogens (tertiary/aromatic N) is 1. The molecule has 2 bridgehead atoms. The average Bonchev–Trinajstić information content (AvgIpc) is 2.90. The molecule has 2 heterocycles. The number of piperidine rings is 1. The second-order valence-corrected chi connectivity index (χ2v) is 8.74. The number of carbonyl (C=O) groups is 1. The molecule has 6 nitrogen and oxygen atoms in total. The monoisotopic (exact) mass is 367 g/mol. The van der Waals surface area contributed by atoms with Crippen molar-refractivity contribution in [2.75, 3.05) is 13.3 Å². The van der Waals surface area contributed by atoms with Crippen LogP contribution in [0, 0.1) is 5.92 Å². The van der Waals surface area contributed by atoms with Crippen LogP contribution in [0.5, 0.6) is 0 Å². The van der Waals surface area contributed by atoms with Crippen molar-refractivity contribution >= 4 is 16.1 Å². The van der Waals surface area contributed by atoms with Crippen LogP contribution in [0.2, 0.25) is 0 Å².